The van der Waals surface area contributed by atoms with Gasteiger partial charge in [0.25, 0.3) is 5.91 Å². The van der Waals surface area contributed by atoms with Crippen LogP contribution in [0, 0.1) is 6.92 Å². The standard InChI is InChI=1S/C22H27BrN4O2/c1-15(2)24-21(28)14-26-9-11-27(12-10-26)22(29)19-7-8-20(25-16(19)3)17-5-4-6-18(23)13-17/h4-8,13,15H,9-12,14H2,1-3H3,(H,24,28). The van der Waals surface area contributed by atoms with Crippen LogP contribution in [0.2, 0.25) is 0 Å². The molecule has 1 aromatic heterocycles. The van der Waals surface area contributed by atoms with Crippen LogP contribution in [0.4, 0.5) is 0 Å². The Morgan fingerprint density at radius 2 is 1.86 bits per heavy atom. The zero-order valence-corrected chi connectivity index (χ0v) is 18.7. The second kappa shape index (κ2) is 9.50. The van der Waals surface area contributed by atoms with Crippen LogP contribution in [0.3, 0.4) is 0 Å². The zero-order chi connectivity index (χ0) is 21.0. The topological polar surface area (TPSA) is 65.5 Å². The van der Waals surface area contributed by atoms with Gasteiger partial charge in [0.15, 0.2) is 0 Å². The van der Waals surface area contributed by atoms with Crippen LogP contribution in [0.25, 0.3) is 11.3 Å². The van der Waals surface area contributed by atoms with Crippen molar-refractivity contribution in [2.45, 2.75) is 26.8 Å². The number of hydrogen-bond acceptors (Lipinski definition) is 4. The first-order valence-corrected chi connectivity index (χ1v) is 10.7. The lowest BCUT2D eigenvalue weighted by Crippen LogP contribution is -2.51. The van der Waals surface area contributed by atoms with Crippen LogP contribution in [0.15, 0.2) is 40.9 Å². The van der Waals surface area contributed by atoms with Gasteiger partial charge in [0.2, 0.25) is 5.91 Å². The molecule has 0 saturated carbocycles. The number of hydrogen-bond donors (Lipinski definition) is 1. The van der Waals surface area contributed by atoms with Crippen molar-refractivity contribution in [1.29, 1.82) is 0 Å². The van der Waals surface area contributed by atoms with E-state index < -0.39 is 0 Å². The number of carbonyl (C=O) groups excluding carboxylic acids is 2. The van der Waals surface area contributed by atoms with E-state index in [9.17, 15) is 9.59 Å². The van der Waals surface area contributed by atoms with Gasteiger partial charge in [0.05, 0.1) is 23.5 Å². The van der Waals surface area contributed by atoms with Crippen molar-refractivity contribution < 1.29 is 9.59 Å². The number of aryl methyl sites for hydroxylation is 1. The molecule has 1 aliphatic heterocycles. The minimum atomic E-state index is 0.00192. The third kappa shape index (κ3) is 5.64. The maximum Gasteiger partial charge on any atom is 0.255 e. The highest BCUT2D eigenvalue weighted by Gasteiger charge is 2.24. The number of pyridine rings is 1. The molecule has 1 saturated heterocycles. The number of rotatable bonds is 5. The van der Waals surface area contributed by atoms with E-state index in [4.69, 9.17) is 0 Å². The van der Waals surface area contributed by atoms with Crippen molar-refractivity contribution >= 4 is 27.7 Å². The fourth-order valence-electron chi connectivity index (χ4n) is 3.45. The van der Waals surface area contributed by atoms with Gasteiger partial charge in [-0.3, -0.25) is 19.5 Å². The number of nitrogens with one attached hydrogen (secondary N) is 1. The van der Waals surface area contributed by atoms with Crippen molar-refractivity contribution in [1.82, 2.24) is 20.1 Å². The van der Waals surface area contributed by atoms with Gasteiger partial charge in [0.1, 0.15) is 0 Å². The first-order valence-electron chi connectivity index (χ1n) is 9.88. The number of carbonyl (C=O) groups is 2. The first-order chi connectivity index (χ1) is 13.8. The molecule has 2 aromatic rings. The van der Waals surface area contributed by atoms with Crippen LogP contribution in [0.5, 0.6) is 0 Å². The third-order valence-electron chi connectivity index (χ3n) is 4.91. The SMILES string of the molecule is Cc1nc(-c2cccc(Br)c2)ccc1C(=O)N1CCN(CC(=O)NC(C)C)CC1. The second-order valence-corrected chi connectivity index (χ2v) is 8.55. The smallest absolute Gasteiger partial charge is 0.255 e. The van der Waals surface area contributed by atoms with Gasteiger partial charge in [-0.25, -0.2) is 0 Å². The van der Waals surface area contributed by atoms with E-state index in [0.29, 0.717) is 38.3 Å². The van der Waals surface area contributed by atoms with E-state index in [1.54, 1.807) is 0 Å². The average Bonchev–Trinajstić information content (AvgIpc) is 2.67. The zero-order valence-electron chi connectivity index (χ0n) is 17.1. The number of nitrogens with zero attached hydrogens (tertiary/aromatic N) is 3. The van der Waals surface area contributed by atoms with E-state index in [1.165, 1.54) is 0 Å². The third-order valence-corrected chi connectivity index (χ3v) is 5.41. The number of aromatic nitrogens is 1. The maximum atomic E-state index is 13.0. The molecular weight excluding hydrogens is 432 g/mol. The Morgan fingerprint density at radius 1 is 1.14 bits per heavy atom. The molecule has 2 heterocycles. The van der Waals surface area contributed by atoms with Gasteiger partial charge in [-0.15, -0.1) is 0 Å². The van der Waals surface area contributed by atoms with E-state index in [1.807, 2.05) is 62.1 Å². The highest BCUT2D eigenvalue weighted by molar-refractivity contribution is 9.10. The molecule has 154 valence electrons. The van der Waals surface area contributed by atoms with Gasteiger partial charge in [-0.05, 0) is 45.0 Å². The van der Waals surface area contributed by atoms with Gasteiger partial charge >= 0.3 is 0 Å². The van der Waals surface area contributed by atoms with E-state index in [2.05, 4.69) is 31.1 Å². The predicted molar refractivity (Wildman–Crippen MR) is 118 cm³/mol. The summed E-state index contributed by atoms with van der Waals surface area (Å²) in [5.74, 6) is 0.0324. The second-order valence-electron chi connectivity index (χ2n) is 7.63. The molecule has 3 rings (SSSR count). The lowest BCUT2D eigenvalue weighted by Gasteiger charge is -2.34. The van der Waals surface area contributed by atoms with Crippen LogP contribution in [-0.2, 0) is 4.79 Å². The van der Waals surface area contributed by atoms with Gasteiger partial charge in [-0.2, -0.15) is 0 Å². The summed E-state index contributed by atoms with van der Waals surface area (Å²) in [5, 5.41) is 2.91. The summed E-state index contributed by atoms with van der Waals surface area (Å²) >= 11 is 3.48. The average molecular weight is 459 g/mol. The predicted octanol–water partition coefficient (Wildman–Crippen LogP) is 3.10. The normalized spacial score (nSPS) is 14.9. The lowest BCUT2D eigenvalue weighted by atomic mass is 10.1. The summed E-state index contributed by atoms with van der Waals surface area (Å²) in [7, 11) is 0. The largest absolute Gasteiger partial charge is 0.353 e. The van der Waals surface area contributed by atoms with Crippen LogP contribution < -0.4 is 5.32 Å². The van der Waals surface area contributed by atoms with Crippen molar-refractivity contribution in [2.24, 2.45) is 0 Å². The summed E-state index contributed by atoms with van der Waals surface area (Å²) in [6.07, 6.45) is 0. The molecule has 1 N–H and O–H groups in total. The Kier molecular flexibility index (Phi) is 7.03. The Balaban J connectivity index is 1.62. The first kappa shape index (κ1) is 21.5. The summed E-state index contributed by atoms with van der Waals surface area (Å²) in [4.78, 5) is 33.5. The highest BCUT2D eigenvalue weighted by Crippen LogP contribution is 2.23. The van der Waals surface area contributed by atoms with Crippen molar-refractivity contribution in [3.63, 3.8) is 0 Å². The Hall–Kier alpha value is -2.25. The number of amides is 2. The molecule has 0 unspecified atom stereocenters. The van der Waals surface area contributed by atoms with Gasteiger partial charge in [0, 0.05) is 42.3 Å². The summed E-state index contributed by atoms with van der Waals surface area (Å²) in [6.45, 7) is 8.77. The molecule has 0 bridgehead atoms. The molecular formula is C22H27BrN4O2. The summed E-state index contributed by atoms with van der Waals surface area (Å²) < 4.78 is 0.995. The van der Waals surface area contributed by atoms with Gasteiger partial charge < -0.3 is 10.2 Å². The molecule has 1 aliphatic rings. The number of halogens is 1. The molecule has 29 heavy (non-hydrogen) atoms. The fourth-order valence-corrected chi connectivity index (χ4v) is 3.85. The molecule has 7 heteroatoms. The molecule has 0 aliphatic carbocycles. The van der Waals surface area contributed by atoms with Crippen LogP contribution in [-0.4, -0.2) is 65.4 Å². The Bertz CT molecular complexity index is 892. The molecule has 6 nitrogen and oxygen atoms in total. The summed E-state index contributed by atoms with van der Waals surface area (Å²) in [6, 6.07) is 11.9. The quantitative estimate of drug-likeness (QED) is 0.747. The van der Waals surface area contributed by atoms with E-state index in [-0.39, 0.29) is 17.9 Å². The minimum Gasteiger partial charge on any atom is -0.353 e. The molecule has 0 radical (unpaired) electrons. The fraction of sp³-hybridized carbons (Fsp3) is 0.409. The lowest BCUT2D eigenvalue weighted by molar-refractivity contribution is -0.123. The maximum absolute atomic E-state index is 13.0. The highest BCUT2D eigenvalue weighted by atomic mass is 79.9. The Labute approximate surface area is 180 Å². The van der Waals surface area contributed by atoms with Crippen LogP contribution >= 0.6 is 15.9 Å². The Morgan fingerprint density at radius 3 is 2.48 bits per heavy atom. The van der Waals surface area contributed by atoms with Gasteiger partial charge in [-0.1, -0.05) is 28.1 Å². The molecule has 1 fully saturated rings. The molecule has 1 aromatic carbocycles. The van der Waals surface area contributed by atoms with Crippen molar-refractivity contribution in [3.8, 4) is 11.3 Å². The number of benzene rings is 1. The van der Waals surface area contributed by atoms with Crippen molar-refractivity contribution in [3.05, 3.63) is 52.1 Å². The van der Waals surface area contributed by atoms with Crippen molar-refractivity contribution in [2.75, 3.05) is 32.7 Å². The molecule has 0 atom stereocenters. The monoisotopic (exact) mass is 458 g/mol. The van der Waals surface area contributed by atoms with E-state index >= 15 is 0 Å². The summed E-state index contributed by atoms with van der Waals surface area (Å²) in [5.41, 5.74) is 3.22. The molecule has 0 spiro atoms. The molecule has 2 amide bonds. The van der Waals surface area contributed by atoms with E-state index in [0.717, 1.165) is 21.4 Å². The van der Waals surface area contributed by atoms with Crippen LogP contribution in [0.1, 0.15) is 29.9 Å². The number of piperazine rings is 1. The minimum absolute atomic E-state index is 0.00192.